The summed E-state index contributed by atoms with van der Waals surface area (Å²) in [5.41, 5.74) is 2.52. The zero-order valence-corrected chi connectivity index (χ0v) is 13.3. The summed E-state index contributed by atoms with van der Waals surface area (Å²) in [5.74, 6) is 0.976. The van der Waals surface area contributed by atoms with Gasteiger partial charge in [0.15, 0.2) is 0 Å². The second-order valence-corrected chi connectivity index (χ2v) is 2.91. The Balaban J connectivity index is -0.000000439. The minimum absolute atomic E-state index is 0.976. The molecular formula is C16H32O. The van der Waals surface area contributed by atoms with Crippen LogP contribution in [-0.2, 0) is 4.74 Å². The molecule has 0 aliphatic heterocycles. The van der Waals surface area contributed by atoms with Crippen molar-refractivity contribution in [3.63, 3.8) is 0 Å². The summed E-state index contributed by atoms with van der Waals surface area (Å²) in [6, 6.07) is 0. The molecule has 0 aromatic carbocycles. The van der Waals surface area contributed by atoms with Gasteiger partial charge >= 0.3 is 0 Å². The van der Waals surface area contributed by atoms with Crippen LogP contribution in [-0.4, -0.2) is 7.11 Å². The van der Waals surface area contributed by atoms with Crippen molar-refractivity contribution >= 4 is 0 Å². The third kappa shape index (κ3) is 11.3. The van der Waals surface area contributed by atoms with Crippen molar-refractivity contribution in [2.45, 2.75) is 61.8 Å². The summed E-state index contributed by atoms with van der Waals surface area (Å²) < 4.78 is 5.26. The van der Waals surface area contributed by atoms with Gasteiger partial charge < -0.3 is 4.74 Å². The maximum absolute atomic E-state index is 5.26. The molecule has 102 valence electrons. The van der Waals surface area contributed by atoms with Gasteiger partial charge in [0.1, 0.15) is 5.76 Å². The van der Waals surface area contributed by atoms with E-state index in [1.165, 1.54) is 11.1 Å². The Morgan fingerprint density at radius 2 is 1.47 bits per heavy atom. The second-order valence-electron chi connectivity index (χ2n) is 2.91. The van der Waals surface area contributed by atoms with Crippen LogP contribution in [0.2, 0.25) is 0 Å². The third-order valence-electron chi connectivity index (χ3n) is 2.04. The van der Waals surface area contributed by atoms with Crippen LogP contribution in [0.3, 0.4) is 0 Å². The SMILES string of the molecule is CC.CC.C\C=C(C)/C=C(CC)\C(=C/C)OC. The number of allylic oxidation sites excluding steroid dienone is 5. The first-order valence-electron chi connectivity index (χ1n) is 6.73. The fourth-order valence-electron chi connectivity index (χ4n) is 1.14. The maximum atomic E-state index is 5.26. The van der Waals surface area contributed by atoms with E-state index in [1.54, 1.807) is 7.11 Å². The van der Waals surface area contributed by atoms with Crippen molar-refractivity contribution in [3.8, 4) is 0 Å². The molecule has 0 unspecified atom stereocenters. The lowest BCUT2D eigenvalue weighted by atomic mass is 10.1. The Labute approximate surface area is 109 Å². The molecule has 0 spiro atoms. The highest BCUT2D eigenvalue weighted by atomic mass is 16.5. The first-order chi connectivity index (χ1) is 8.19. The van der Waals surface area contributed by atoms with Gasteiger partial charge in [0.2, 0.25) is 0 Å². The summed E-state index contributed by atoms with van der Waals surface area (Å²) in [6.07, 6.45) is 7.26. The van der Waals surface area contributed by atoms with Crippen LogP contribution in [0.1, 0.15) is 61.8 Å². The van der Waals surface area contributed by atoms with E-state index in [0.717, 1.165) is 12.2 Å². The molecule has 0 saturated heterocycles. The van der Waals surface area contributed by atoms with E-state index in [-0.39, 0.29) is 0 Å². The number of rotatable bonds is 4. The number of hydrogen-bond acceptors (Lipinski definition) is 1. The molecule has 0 heterocycles. The highest BCUT2D eigenvalue weighted by molar-refractivity contribution is 5.32. The molecule has 0 fully saturated rings. The topological polar surface area (TPSA) is 9.23 Å². The average Bonchev–Trinajstić information content (AvgIpc) is 2.43. The second kappa shape index (κ2) is 17.4. The minimum atomic E-state index is 0.976. The molecule has 17 heavy (non-hydrogen) atoms. The van der Waals surface area contributed by atoms with E-state index >= 15 is 0 Å². The maximum Gasteiger partial charge on any atom is 0.117 e. The zero-order valence-electron chi connectivity index (χ0n) is 13.3. The van der Waals surface area contributed by atoms with E-state index in [4.69, 9.17) is 4.74 Å². The lowest BCUT2D eigenvalue weighted by Gasteiger charge is -2.08. The van der Waals surface area contributed by atoms with Crippen LogP contribution in [0.5, 0.6) is 0 Å². The van der Waals surface area contributed by atoms with Gasteiger partial charge in [0.25, 0.3) is 0 Å². The first kappa shape index (κ1) is 21.3. The molecule has 1 heteroatoms. The summed E-state index contributed by atoms with van der Waals surface area (Å²) in [4.78, 5) is 0. The van der Waals surface area contributed by atoms with Gasteiger partial charge in [-0.2, -0.15) is 0 Å². The van der Waals surface area contributed by atoms with Gasteiger partial charge in [-0.1, -0.05) is 52.3 Å². The summed E-state index contributed by atoms with van der Waals surface area (Å²) in [6.45, 7) is 16.3. The quantitative estimate of drug-likeness (QED) is 0.439. The fourth-order valence-corrected chi connectivity index (χ4v) is 1.14. The summed E-state index contributed by atoms with van der Waals surface area (Å²) in [7, 11) is 1.71. The van der Waals surface area contributed by atoms with Gasteiger partial charge in [0, 0.05) is 0 Å². The van der Waals surface area contributed by atoms with Gasteiger partial charge in [0.05, 0.1) is 7.11 Å². The molecule has 0 amide bonds. The number of ether oxygens (including phenoxy) is 1. The Morgan fingerprint density at radius 3 is 1.71 bits per heavy atom. The van der Waals surface area contributed by atoms with E-state index in [0.29, 0.717) is 0 Å². The molecule has 1 nitrogen and oxygen atoms in total. The van der Waals surface area contributed by atoms with E-state index in [1.807, 2.05) is 47.6 Å². The molecule has 0 aliphatic rings. The Hall–Kier alpha value is -0.980. The molecule has 0 bridgehead atoms. The monoisotopic (exact) mass is 240 g/mol. The molecule has 0 atom stereocenters. The molecule has 0 saturated carbocycles. The largest absolute Gasteiger partial charge is 0.497 e. The van der Waals surface area contributed by atoms with Crippen LogP contribution in [0.15, 0.2) is 35.1 Å². The van der Waals surface area contributed by atoms with Gasteiger partial charge in [-0.05, 0) is 38.8 Å². The van der Waals surface area contributed by atoms with Crippen LogP contribution in [0, 0.1) is 0 Å². The van der Waals surface area contributed by atoms with Crippen molar-refractivity contribution in [1.29, 1.82) is 0 Å². The normalized spacial score (nSPS) is 11.9. The standard InChI is InChI=1S/C12H20O.2C2H6/c1-6-10(4)9-11(7-2)12(8-3)13-5;2*1-2/h6,8-9H,7H2,1-5H3;2*1-2H3/b10-6-,11-9-,12-8+;;. The van der Waals surface area contributed by atoms with Crippen molar-refractivity contribution in [3.05, 3.63) is 35.1 Å². The van der Waals surface area contributed by atoms with Gasteiger partial charge in [-0.3, -0.25) is 0 Å². The van der Waals surface area contributed by atoms with Crippen molar-refractivity contribution < 1.29 is 4.74 Å². The lowest BCUT2D eigenvalue weighted by Crippen LogP contribution is -1.91. The first-order valence-corrected chi connectivity index (χ1v) is 6.73. The number of hydrogen-bond donors (Lipinski definition) is 0. The van der Waals surface area contributed by atoms with E-state index < -0.39 is 0 Å². The molecular weight excluding hydrogens is 208 g/mol. The van der Waals surface area contributed by atoms with Crippen LogP contribution in [0.25, 0.3) is 0 Å². The summed E-state index contributed by atoms with van der Waals surface area (Å²) in [5, 5.41) is 0. The Kier molecular flexibility index (Phi) is 21.8. The fraction of sp³-hybridized carbons (Fsp3) is 0.625. The van der Waals surface area contributed by atoms with Gasteiger partial charge in [-0.15, -0.1) is 0 Å². The highest BCUT2D eigenvalue weighted by Crippen LogP contribution is 2.16. The van der Waals surface area contributed by atoms with E-state index in [2.05, 4.69) is 26.0 Å². The highest BCUT2D eigenvalue weighted by Gasteiger charge is 2.00. The lowest BCUT2D eigenvalue weighted by molar-refractivity contribution is 0.298. The smallest absolute Gasteiger partial charge is 0.117 e. The van der Waals surface area contributed by atoms with Gasteiger partial charge in [-0.25, -0.2) is 0 Å². The van der Waals surface area contributed by atoms with E-state index in [9.17, 15) is 0 Å². The molecule has 0 aliphatic carbocycles. The predicted octanol–water partition coefficient (Wildman–Crippen LogP) is 5.89. The predicted molar refractivity (Wildman–Crippen MR) is 81.3 cm³/mol. The average molecular weight is 240 g/mol. The molecule has 0 rings (SSSR count). The molecule has 0 N–H and O–H groups in total. The van der Waals surface area contributed by atoms with Crippen molar-refractivity contribution in [1.82, 2.24) is 0 Å². The summed E-state index contributed by atoms with van der Waals surface area (Å²) >= 11 is 0. The molecule has 0 radical (unpaired) electrons. The molecule has 0 aromatic rings. The minimum Gasteiger partial charge on any atom is -0.497 e. The molecule has 0 aromatic heterocycles. The Bertz CT molecular complexity index is 232. The van der Waals surface area contributed by atoms with Crippen LogP contribution in [0.4, 0.5) is 0 Å². The van der Waals surface area contributed by atoms with Crippen LogP contribution >= 0.6 is 0 Å². The van der Waals surface area contributed by atoms with Crippen molar-refractivity contribution in [2.24, 2.45) is 0 Å². The van der Waals surface area contributed by atoms with Crippen molar-refractivity contribution in [2.75, 3.05) is 7.11 Å². The Morgan fingerprint density at radius 1 is 1.00 bits per heavy atom. The van der Waals surface area contributed by atoms with Crippen LogP contribution < -0.4 is 0 Å². The third-order valence-corrected chi connectivity index (χ3v) is 2.04. The zero-order chi connectivity index (χ0) is 14.3. The number of methoxy groups -OCH3 is 1.